The van der Waals surface area contributed by atoms with Crippen LogP contribution in [0.15, 0.2) is 32.8 Å². The molecule has 0 fully saturated rings. The fraction of sp³-hybridized carbons (Fsp3) is 0.333. The molecule has 3 N–H and O–H groups in total. The van der Waals surface area contributed by atoms with Crippen LogP contribution in [0.25, 0.3) is 0 Å². The Labute approximate surface area is 160 Å². The van der Waals surface area contributed by atoms with Gasteiger partial charge in [0.2, 0.25) is 0 Å². The van der Waals surface area contributed by atoms with Gasteiger partial charge in [-0.15, -0.1) is 23.7 Å². The van der Waals surface area contributed by atoms with E-state index in [0.717, 1.165) is 10.0 Å². The average molecular weight is 403 g/mol. The standard InChI is InChI=1S/C15H18N4O3S2.ClH/c1-9(16)5-6-17-14(20)11-3-4-13(12(7-11)19(21)22)24-15-18-10(2)8-23-15;/h3-4,7-9H,5-6,16H2,1-2H3,(H,17,20);1H. The molecule has 0 saturated heterocycles. The third-order valence-electron chi connectivity index (χ3n) is 3.10. The Morgan fingerprint density at radius 2 is 2.24 bits per heavy atom. The minimum absolute atomic E-state index is 0. The highest BCUT2D eigenvalue weighted by atomic mass is 35.5. The van der Waals surface area contributed by atoms with Gasteiger partial charge < -0.3 is 11.1 Å². The van der Waals surface area contributed by atoms with Crippen molar-refractivity contribution >= 4 is 47.1 Å². The van der Waals surface area contributed by atoms with Crippen LogP contribution in [-0.2, 0) is 0 Å². The monoisotopic (exact) mass is 402 g/mol. The number of carbonyl (C=O) groups excluding carboxylic acids is 1. The Hall–Kier alpha value is -1.68. The number of amides is 1. The van der Waals surface area contributed by atoms with Gasteiger partial charge in [-0.2, -0.15) is 0 Å². The van der Waals surface area contributed by atoms with Crippen LogP contribution < -0.4 is 11.1 Å². The molecule has 0 saturated carbocycles. The number of nitro groups is 1. The van der Waals surface area contributed by atoms with Crippen LogP contribution in [0, 0.1) is 17.0 Å². The number of nitrogens with one attached hydrogen (secondary N) is 1. The molecule has 7 nitrogen and oxygen atoms in total. The molecule has 0 radical (unpaired) electrons. The lowest BCUT2D eigenvalue weighted by molar-refractivity contribution is -0.387. The molecule has 1 atom stereocenters. The average Bonchev–Trinajstić information content (AvgIpc) is 2.92. The quantitative estimate of drug-likeness (QED) is 0.542. The molecule has 1 aromatic heterocycles. The van der Waals surface area contributed by atoms with Crippen LogP contribution in [-0.4, -0.2) is 28.4 Å². The fourth-order valence-electron chi connectivity index (χ4n) is 1.88. The summed E-state index contributed by atoms with van der Waals surface area (Å²) in [7, 11) is 0. The molecule has 2 rings (SSSR count). The van der Waals surface area contributed by atoms with Gasteiger partial charge in [-0.05, 0) is 32.4 Å². The van der Waals surface area contributed by atoms with Crippen molar-refractivity contribution in [1.29, 1.82) is 0 Å². The summed E-state index contributed by atoms with van der Waals surface area (Å²) in [6.07, 6.45) is 0.644. The first kappa shape index (κ1) is 21.4. The maximum absolute atomic E-state index is 12.1. The number of hydrogen-bond acceptors (Lipinski definition) is 7. The molecular formula is C15H19ClN4O3S2. The van der Waals surface area contributed by atoms with Crippen LogP contribution in [0.3, 0.4) is 0 Å². The molecule has 0 aliphatic rings. The van der Waals surface area contributed by atoms with E-state index in [0.29, 0.717) is 17.9 Å². The molecule has 136 valence electrons. The van der Waals surface area contributed by atoms with Gasteiger partial charge in [-0.3, -0.25) is 14.9 Å². The molecule has 1 heterocycles. The Kier molecular flexibility index (Phi) is 8.30. The lowest BCUT2D eigenvalue weighted by atomic mass is 10.2. The number of aryl methyl sites for hydroxylation is 1. The van der Waals surface area contributed by atoms with E-state index in [1.54, 1.807) is 12.1 Å². The number of benzene rings is 1. The minimum Gasteiger partial charge on any atom is -0.352 e. The molecule has 0 bridgehead atoms. The van der Waals surface area contributed by atoms with Crippen LogP contribution in [0.2, 0.25) is 0 Å². The van der Waals surface area contributed by atoms with Crippen LogP contribution in [0.4, 0.5) is 5.69 Å². The number of rotatable bonds is 7. The van der Waals surface area contributed by atoms with Gasteiger partial charge in [0.25, 0.3) is 11.6 Å². The summed E-state index contributed by atoms with van der Waals surface area (Å²) in [5.74, 6) is -0.347. The van der Waals surface area contributed by atoms with E-state index in [-0.39, 0.29) is 35.6 Å². The highest BCUT2D eigenvalue weighted by Crippen LogP contribution is 2.36. The van der Waals surface area contributed by atoms with Gasteiger partial charge in [0.05, 0.1) is 9.82 Å². The van der Waals surface area contributed by atoms with E-state index in [1.807, 2.05) is 19.2 Å². The summed E-state index contributed by atoms with van der Waals surface area (Å²) < 4.78 is 0.727. The van der Waals surface area contributed by atoms with E-state index in [4.69, 9.17) is 5.73 Å². The maximum Gasteiger partial charge on any atom is 0.284 e. The van der Waals surface area contributed by atoms with E-state index in [1.165, 1.54) is 29.2 Å². The number of nitrogens with two attached hydrogens (primary N) is 1. The van der Waals surface area contributed by atoms with Crippen molar-refractivity contribution in [3.05, 3.63) is 45.0 Å². The molecule has 1 unspecified atom stereocenters. The summed E-state index contributed by atoms with van der Waals surface area (Å²) in [6.45, 7) is 4.15. The molecular weight excluding hydrogens is 384 g/mol. The molecule has 1 aromatic carbocycles. The maximum atomic E-state index is 12.1. The molecule has 0 aliphatic heterocycles. The van der Waals surface area contributed by atoms with Gasteiger partial charge in [-0.25, -0.2) is 4.98 Å². The lowest BCUT2D eigenvalue weighted by Gasteiger charge is -2.08. The van der Waals surface area contributed by atoms with E-state index in [9.17, 15) is 14.9 Å². The third-order valence-corrected chi connectivity index (χ3v) is 5.22. The van der Waals surface area contributed by atoms with Crippen molar-refractivity contribution in [2.45, 2.75) is 35.5 Å². The first-order valence-electron chi connectivity index (χ1n) is 7.29. The van der Waals surface area contributed by atoms with Crippen molar-refractivity contribution in [1.82, 2.24) is 10.3 Å². The zero-order valence-corrected chi connectivity index (χ0v) is 16.2. The number of thiazole rings is 1. The summed E-state index contributed by atoms with van der Waals surface area (Å²) in [5, 5.41) is 15.9. The molecule has 10 heteroatoms. The first-order chi connectivity index (χ1) is 11.4. The van der Waals surface area contributed by atoms with Crippen molar-refractivity contribution in [3.8, 4) is 0 Å². The van der Waals surface area contributed by atoms with Gasteiger partial charge >= 0.3 is 0 Å². The van der Waals surface area contributed by atoms with Crippen LogP contribution >= 0.6 is 35.5 Å². The molecule has 25 heavy (non-hydrogen) atoms. The van der Waals surface area contributed by atoms with Gasteiger partial charge in [-0.1, -0.05) is 11.8 Å². The number of nitrogens with zero attached hydrogens (tertiary/aromatic N) is 2. The minimum atomic E-state index is -0.485. The Balaban J connectivity index is 0.00000312. The summed E-state index contributed by atoms with van der Waals surface area (Å²) >= 11 is 2.65. The zero-order valence-electron chi connectivity index (χ0n) is 13.7. The lowest BCUT2D eigenvalue weighted by Crippen LogP contribution is -2.28. The Morgan fingerprint density at radius 3 is 2.80 bits per heavy atom. The van der Waals surface area contributed by atoms with Crippen LogP contribution in [0.1, 0.15) is 29.4 Å². The Morgan fingerprint density at radius 1 is 1.52 bits per heavy atom. The fourth-order valence-corrected chi connectivity index (χ4v) is 3.76. The third kappa shape index (κ3) is 6.28. The second kappa shape index (κ2) is 9.71. The van der Waals surface area contributed by atoms with Crippen molar-refractivity contribution in [3.63, 3.8) is 0 Å². The predicted octanol–water partition coefficient (Wildman–Crippen LogP) is 3.40. The highest BCUT2D eigenvalue weighted by molar-refractivity contribution is 8.01. The second-order valence-electron chi connectivity index (χ2n) is 5.32. The summed E-state index contributed by atoms with van der Waals surface area (Å²) in [6, 6.07) is 4.45. The van der Waals surface area contributed by atoms with Gasteiger partial charge in [0.15, 0.2) is 4.34 Å². The van der Waals surface area contributed by atoms with Crippen LogP contribution in [0.5, 0.6) is 0 Å². The number of carbonyl (C=O) groups is 1. The van der Waals surface area contributed by atoms with Crippen molar-refractivity contribution in [2.75, 3.05) is 6.54 Å². The van der Waals surface area contributed by atoms with E-state index >= 15 is 0 Å². The summed E-state index contributed by atoms with van der Waals surface area (Å²) in [5.41, 5.74) is 6.65. The Bertz CT molecular complexity index is 752. The van der Waals surface area contributed by atoms with E-state index in [2.05, 4.69) is 10.3 Å². The molecule has 2 aromatic rings. The largest absolute Gasteiger partial charge is 0.352 e. The number of halogens is 1. The zero-order chi connectivity index (χ0) is 17.7. The predicted molar refractivity (Wildman–Crippen MR) is 102 cm³/mol. The SMILES string of the molecule is Cc1csc(Sc2ccc(C(=O)NCCC(C)N)cc2[N+](=O)[O-])n1.Cl. The molecule has 0 spiro atoms. The normalized spacial score (nSPS) is 11.5. The van der Waals surface area contributed by atoms with Gasteiger partial charge in [0.1, 0.15) is 0 Å². The second-order valence-corrected chi connectivity index (χ2v) is 7.47. The van der Waals surface area contributed by atoms with Gasteiger partial charge in [0, 0.05) is 35.3 Å². The first-order valence-corrected chi connectivity index (χ1v) is 8.98. The highest BCUT2D eigenvalue weighted by Gasteiger charge is 2.19. The van der Waals surface area contributed by atoms with E-state index < -0.39 is 4.92 Å². The smallest absolute Gasteiger partial charge is 0.284 e. The number of aromatic nitrogens is 1. The van der Waals surface area contributed by atoms with Crippen molar-refractivity contribution < 1.29 is 9.72 Å². The molecule has 0 aliphatic carbocycles. The molecule has 1 amide bonds. The van der Waals surface area contributed by atoms with Crippen molar-refractivity contribution in [2.24, 2.45) is 5.73 Å². The summed E-state index contributed by atoms with van der Waals surface area (Å²) in [4.78, 5) is 27.7. The number of nitro benzene ring substituents is 1. The number of hydrogen-bond donors (Lipinski definition) is 2. The topological polar surface area (TPSA) is 111 Å².